The number of aliphatic hydroxyl groups is 1. The van der Waals surface area contributed by atoms with Crippen LogP contribution >= 0.6 is 11.6 Å². The van der Waals surface area contributed by atoms with Gasteiger partial charge in [-0.25, -0.2) is 0 Å². The van der Waals surface area contributed by atoms with E-state index < -0.39 is 0 Å². The lowest BCUT2D eigenvalue weighted by molar-refractivity contribution is -0.138. The molecule has 1 amide bonds. The van der Waals surface area contributed by atoms with Gasteiger partial charge >= 0.3 is 0 Å². The molecule has 1 heterocycles. The molecule has 1 aromatic rings. The molecule has 3 rings (SSSR count). The third kappa shape index (κ3) is 9.82. The predicted molar refractivity (Wildman–Crippen MR) is 155 cm³/mol. The summed E-state index contributed by atoms with van der Waals surface area (Å²) in [4.78, 5) is 15.6. The highest BCUT2D eigenvalue weighted by molar-refractivity contribution is 6.30. The molecule has 1 aliphatic carbocycles. The summed E-state index contributed by atoms with van der Waals surface area (Å²) >= 11 is 6.09. The van der Waals surface area contributed by atoms with Gasteiger partial charge in [0.05, 0.1) is 6.04 Å². The zero-order chi connectivity index (χ0) is 24.0. The van der Waals surface area contributed by atoms with Gasteiger partial charge < -0.3 is 31.8 Å². The highest BCUT2D eigenvalue weighted by atomic mass is 35.5. The Labute approximate surface area is 228 Å². The molecule has 3 atom stereocenters. The Morgan fingerprint density at radius 1 is 1.19 bits per heavy atom. The molecule has 1 saturated heterocycles. The van der Waals surface area contributed by atoms with Crippen LogP contribution in [0, 0.1) is 17.3 Å². The van der Waals surface area contributed by atoms with Crippen molar-refractivity contribution in [2.75, 3.05) is 26.2 Å². The largest absolute Gasteiger partial charge is 0.412 e. The standard InChI is InChI=1S/C28H41ClN2O2.CH4.3H2O/c1-20(2)26(30-16-14-23(18-32)21-8-6-5-7-9-21)27(33)31-17-15-25(28(3,4)19-31)22-10-12-24(29)13-11-22;;;;/h5-6,8,10-13,20,23,25-26,30,32H,7,9,14-19H2,1-4H3;1H4;3*1H2/t23?,25?,26-;;;;/m1..../s1. The monoisotopic (exact) mass is 542 g/mol. The highest BCUT2D eigenvalue weighted by Gasteiger charge is 2.40. The minimum atomic E-state index is -0.201. The summed E-state index contributed by atoms with van der Waals surface area (Å²) in [5.41, 5.74) is 2.61. The molecule has 0 saturated carbocycles. The number of nitrogens with one attached hydrogen (secondary N) is 1. The number of aliphatic hydroxyl groups excluding tert-OH is 1. The van der Waals surface area contributed by atoms with Gasteiger partial charge in [0, 0.05) is 30.6 Å². The molecule has 0 bridgehead atoms. The quantitative estimate of drug-likeness (QED) is 0.489. The molecule has 2 unspecified atom stereocenters. The number of nitrogens with zero attached hydrogens (tertiary/aromatic N) is 1. The average molecular weight is 543 g/mol. The number of hydrogen-bond acceptors (Lipinski definition) is 3. The number of likely N-dealkylation sites (tertiary alicyclic amines) is 1. The maximum Gasteiger partial charge on any atom is 0.239 e. The summed E-state index contributed by atoms with van der Waals surface area (Å²) in [6.45, 7) is 11.2. The molecule has 214 valence electrons. The second-order valence-electron chi connectivity index (χ2n) is 10.7. The van der Waals surface area contributed by atoms with Crippen molar-refractivity contribution in [3.8, 4) is 0 Å². The first kappa shape index (κ1) is 37.4. The van der Waals surface area contributed by atoms with Crippen molar-refractivity contribution in [3.05, 3.63) is 58.7 Å². The molecule has 0 aromatic heterocycles. The first-order valence-corrected chi connectivity index (χ1v) is 12.8. The van der Waals surface area contributed by atoms with Crippen LogP contribution in [0.1, 0.15) is 72.3 Å². The first-order valence-electron chi connectivity index (χ1n) is 12.5. The van der Waals surface area contributed by atoms with Crippen molar-refractivity contribution in [2.45, 2.75) is 72.8 Å². The molecule has 1 fully saturated rings. The number of amides is 1. The number of allylic oxidation sites excluding steroid dienone is 3. The number of hydrogen-bond donors (Lipinski definition) is 2. The van der Waals surface area contributed by atoms with E-state index in [1.54, 1.807) is 0 Å². The van der Waals surface area contributed by atoms with Crippen molar-refractivity contribution < 1.29 is 26.3 Å². The molecule has 8 heteroatoms. The summed E-state index contributed by atoms with van der Waals surface area (Å²) in [7, 11) is 0. The Balaban J connectivity index is 0. The van der Waals surface area contributed by atoms with Crippen LogP contribution in [0.15, 0.2) is 48.1 Å². The van der Waals surface area contributed by atoms with Crippen LogP contribution in [-0.2, 0) is 4.79 Å². The van der Waals surface area contributed by atoms with Gasteiger partial charge in [-0.05, 0) is 67.2 Å². The van der Waals surface area contributed by atoms with E-state index in [-0.39, 0.29) is 59.7 Å². The van der Waals surface area contributed by atoms with Crippen molar-refractivity contribution >= 4 is 17.5 Å². The van der Waals surface area contributed by atoms with Crippen molar-refractivity contribution in [3.63, 3.8) is 0 Å². The average Bonchev–Trinajstić information content (AvgIpc) is 2.79. The Hall–Kier alpha value is -1.74. The van der Waals surface area contributed by atoms with Gasteiger partial charge in [-0.15, -0.1) is 0 Å². The minimum Gasteiger partial charge on any atom is -0.412 e. The fraction of sp³-hybridized carbons (Fsp3) is 0.621. The highest BCUT2D eigenvalue weighted by Crippen LogP contribution is 2.42. The number of carbonyl (C=O) groups excluding carboxylic acids is 1. The second kappa shape index (κ2) is 17.0. The number of benzene rings is 1. The van der Waals surface area contributed by atoms with E-state index >= 15 is 0 Å². The van der Waals surface area contributed by atoms with Gasteiger partial charge in [0.1, 0.15) is 0 Å². The minimum absolute atomic E-state index is 0. The lowest BCUT2D eigenvalue weighted by atomic mass is 9.70. The van der Waals surface area contributed by atoms with E-state index in [2.05, 4.69) is 68.3 Å². The zero-order valence-corrected chi connectivity index (χ0v) is 22.9. The number of piperidine rings is 1. The second-order valence-corrected chi connectivity index (χ2v) is 11.1. The lowest BCUT2D eigenvalue weighted by Gasteiger charge is -2.46. The normalized spacial score (nSPS) is 19.8. The maximum atomic E-state index is 13.5. The van der Waals surface area contributed by atoms with Gasteiger partial charge in [-0.3, -0.25) is 4.79 Å². The van der Waals surface area contributed by atoms with Crippen molar-refractivity contribution in [1.29, 1.82) is 0 Å². The number of rotatable bonds is 9. The Morgan fingerprint density at radius 2 is 1.84 bits per heavy atom. The Morgan fingerprint density at radius 3 is 2.35 bits per heavy atom. The fourth-order valence-electron chi connectivity index (χ4n) is 5.43. The fourth-order valence-corrected chi connectivity index (χ4v) is 5.56. The van der Waals surface area contributed by atoms with Crippen molar-refractivity contribution in [1.82, 2.24) is 10.2 Å². The molecular formula is C29H51ClN2O5. The summed E-state index contributed by atoms with van der Waals surface area (Å²) in [6.07, 6.45) is 10.3. The SMILES string of the molecule is C.CC(C)[C@@H](NCCC(CO)C1=CC=CCC1)C(=O)N1CCC(c2ccc(Cl)cc2)C(C)(C)C1.O.O.O. The van der Waals surface area contributed by atoms with E-state index in [9.17, 15) is 9.90 Å². The summed E-state index contributed by atoms with van der Waals surface area (Å²) in [5.74, 6) is 0.985. The van der Waals surface area contributed by atoms with Gasteiger partial charge in [-0.2, -0.15) is 0 Å². The lowest BCUT2D eigenvalue weighted by Crippen LogP contribution is -2.55. The van der Waals surface area contributed by atoms with Gasteiger partial charge in [-0.1, -0.05) is 82.7 Å². The molecular weight excluding hydrogens is 492 g/mol. The van der Waals surface area contributed by atoms with E-state index in [1.807, 2.05) is 12.1 Å². The Kier molecular flexibility index (Phi) is 17.2. The van der Waals surface area contributed by atoms with Crippen LogP contribution in [0.2, 0.25) is 5.02 Å². The third-order valence-electron chi connectivity index (χ3n) is 7.39. The summed E-state index contributed by atoms with van der Waals surface area (Å²) in [5, 5.41) is 14.2. The molecule has 2 aliphatic rings. The molecule has 0 radical (unpaired) electrons. The molecule has 37 heavy (non-hydrogen) atoms. The van der Waals surface area contributed by atoms with E-state index in [1.165, 1.54) is 11.1 Å². The summed E-state index contributed by atoms with van der Waals surface area (Å²) in [6, 6.07) is 7.97. The molecule has 8 N–H and O–H groups in total. The number of carbonyl (C=O) groups is 1. The van der Waals surface area contributed by atoms with E-state index in [4.69, 9.17) is 11.6 Å². The van der Waals surface area contributed by atoms with Crippen LogP contribution in [0.4, 0.5) is 0 Å². The van der Waals surface area contributed by atoms with Crippen molar-refractivity contribution in [2.24, 2.45) is 17.3 Å². The van der Waals surface area contributed by atoms with Gasteiger partial charge in [0.15, 0.2) is 0 Å². The molecule has 1 aliphatic heterocycles. The van der Waals surface area contributed by atoms with E-state index in [0.29, 0.717) is 5.92 Å². The Bertz CT molecular complexity index is 854. The van der Waals surface area contributed by atoms with Crippen LogP contribution in [0.3, 0.4) is 0 Å². The third-order valence-corrected chi connectivity index (χ3v) is 7.65. The molecule has 7 nitrogen and oxygen atoms in total. The molecule has 1 aromatic carbocycles. The summed E-state index contributed by atoms with van der Waals surface area (Å²) < 4.78 is 0. The van der Waals surface area contributed by atoms with Crippen LogP contribution < -0.4 is 5.32 Å². The zero-order valence-electron chi connectivity index (χ0n) is 22.2. The van der Waals surface area contributed by atoms with Crippen LogP contribution in [0.25, 0.3) is 0 Å². The first-order chi connectivity index (χ1) is 15.7. The van der Waals surface area contributed by atoms with Gasteiger partial charge in [0.2, 0.25) is 5.91 Å². The smallest absolute Gasteiger partial charge is 0.239 e. The topological polar surface area (TPSA) is 147 Å². The number of halogens is 1. The predicted octanol–water partition coefficient (Wildman–Crippen LogP) is 3.73. The van der Waals surface area contributed by atoms with Crippen LogP contribution in [-0.4, -0.2) is 64.6 Å². The maximum absolute atomic E-state index is 13.5. The van der Waals surface area contributed by atoms with Crippen LogP contribution in [0.5, 0.6) is 0 Å². The van der Waals surface area contributed by atoms with Gasteiger partial charge in [0.25, 0.3) is 0 Å². The van der Waals surface area contributed by atoms with E-state index in [0.717, 1.165) is 50.3 Å². The molecule has 0 spiro atoms.